The Kier molecular flexibility index (Phi) is 6.00. The predicted octanol–water partition coefficient (Wildman–Crippen LogP) is 2.16. The van der Waals surface area contributed by atoms with Gasteiger partial charge in [0, 0.05) is 32.7 Å². The lowest BCUT2D eigenvalue weighted by Gasteiger charge is -2.35. The molecule has 0 radical (unpaired) electrons. The zero-order valence-electron chi connectivity index (χ0n) is 14.0. The van der Waals surface area contributed by atoms with Crippen molar-refractivity contribution in [3.8, 4) is 0 Å². The van der Waals surface area contributed by atoms with E-state index in [1.165, 1.54) is 11.0 Å². The van der Waals surface area contributed by atoms with Crippen LogP contribution in [0.2, 0.25) is 0 Å². The minimum atomic E-state index is -0.932. The highest BCUT2D eigenvalue weighted by molar-refractivity contribution is 5.76. The molecule has 2 N–H and O–H groups in total. The first kappa shape index (κ1) is 18.0. The average Bonchev–Trinajstić information content (AvgIpc) is 2.55. The molecule has 1 aromatic rings. The monoisotopic (exact) mass is 337 g/mol. The molecule has 2 rings (SSSR count). The fraction of sp³-hybridized carbons (Fsp3) is 0.529. The first-order valence-corrected chi connectivity index (χ1v) is 8.12. The Labute approximate surface area is 141 Å². The standard InChI is InChI=1S/C17H24FN3O3/c1-12(16(22)23)10-20(2)17(24)19-13-6-5-9-21(11-13)15-8-4-3-7-14(15)18/h3-4,7-8,12-13H,5-6,9-11H2,1-2H3,(H,19,24)(H,22,23). The van der Waals surface area contributed by atoms with Gasteiger partial charge >= 0.3 is 12.0 Å². The number of nitrogens with zero attached hydrogens (tertiary/aromatic N) is 2. The molecule has 7 heteroatoms. The zero-order chi connectivity index (χ0) is 17.7. The molecule has 6 nitrogen and oxygen atoms in total. The fourth-order valence-electron chi connectivity index (χ4n) is 2.88. The molecular formula is C17H24FN3O3. The molecule has 1 aliphatic rings. The number of carboxylic acid groups (broad SMARTS) is 1. The van der Waals surface area contributed by atoms with Crippen LogP contribution >= 0.6 is 0 Å². The smallest absolute Gasteiger partial charge is 0.317 e. The Bertz CT molecular complexity index is 596. The number of amides is 2. The van der Waals surface area contributed by atoms with Crippen molar-refractivity contribution in [2.75, 3.05) is 31.6 Å². The van der Waals surface area contributed by atoms with E-state index in [4.69, 9.17) is 5.11 Å². The van der Waals surface area contributed by atoms with Crippen molar-refractivity contribution in [1.82, 2.24) is 10.2 Å². The summed E-state index contributed by atoms with van der Waals surface area (Å²) in [5.74, 6) is -1.82. The number of piperidine rings is 1. The number of aliphatic carboxylic acids is 1. The van der Waals surface area contributed by atoms with Crippen LogP contribution in [0.15, 0.2) is 24.3 Å². The number of carboxylic acids is 1. The van der Waals surface area contributed by atoms with Crippen molar-refractivity contribution in [2.24, 2.45) is 5.92 Å². The van der Waals surface area contributed by atoms with Crippen LogP contribution in [0.3, 0.4) is 0 Å². The molecule has 0 bridgehead atoms. The second-order valence-electron chi connectivity index (χ2n) is 6.31. The maximum Gasteiger partial charge on any atom is 0.317 e. The molecule has 0 spiro atoms. The van der Waals surface area contributed by atoms with E-state index in [0.717, 1.165) is 19.4 Å². The lowest BCUT2D eigenvalue weighted by atomic mass is 10.0. The van der Waals surface area contributed by atoms with Crippen molar-refractivity contribution in [2.45, 2.75) is 25.8 Å². The van der Waals surface area contributed by atoms with Gasteiger partial charge in [-0.1, -0.05) is 19.1 Å². The summed E-state index contributed by atoms with van der Waals surface area (Å²) in [5, 5.41) is 11.8. The van der Waals surface area contributed by atoms with E-state index in [9.17, 15) is 14.0 Å². The third kappa shape index (κ3) is 4.59. The molecule has 1 heterocycles. The number of urea groups is 1. The largest absolute Gasteiger partial charge is 0.481 e. The van der Waals surface area contributed by atoms with Gasteiger partial charge in [-0.3, -0.25) is 4.79 Å². The molecule has 0 aromatic heterocycles. The van der Waals surface area contributed by atoms with Gasteiger partial charge in [-0.05, 0) is 25.0 Å². The Morgan fingerprint density at radius 2 is 2.17 bits per heavy atom. The molecule has 2 unspecified atom stereocenters. The Morgan fingerprint density at radius 3 is 2.83 bits per heavy atom. The summed E-state index contributed by atoms with van der Waals surface area (Å²) < 4.78 is 13.9. The van der Waals surface area contributed by atoms with E-state index in [1.807, 2.05) is 4.90 Å². The number of hydrogen-bond donors (Lipinski definition) is 2. The topological polar surface area (TPSA) is 72.9 Å². The number of anilines is 1. The van der Waals surface area contributed by atoms with Crippen LogP contribution in [-0.2, 0) is 4.79 Å². The SMILES string of the molecule is CC(CN(C)C(=O)NC1CCCN(c2ccccc2F)C1)C(=O)O. The number of carbonyl (C=O) groups is 2. The molecular weight excluding hydrogens is 313 g/mol. The molecule has 132 valence electrons. The highest BCUT2D eigenvalue weighted by Crippen LogP contribution is 2.22. The zero-order valence-corrected chi connectivity index (χ0v) is 14.0. The number of para-hydroxylation sites is 1. The molecule has 0 saturated carbocycles. The number of hydrogen-bond acceptors (Lipinski definition) is 3. The summed E-state index contributed by atoms with van der Waals surface area (Å²) in [7, 11) is 1.58. The normalized spacial score (nSPS) is 18.8. The van der Waals surface area contributed by atoms with Crippen LogP contribution in [0.4, 0.5) is 14.9 Å². The van der Waals surface area contributed by atoms with Gasteiger partial charge in [0.15, 0.2) is 0 Å². The Morgan fingerprint density at radius 1 is 1.46 bits per heavy atom. The highest BCUT2D eigenvalue weighted by Gasteiger charge is 2.25. The van der Waals surface area contributed by atoms with E-state index in [1.54, 1.807) is 32.2 Å². The van der Waals surface area contributed by atoms with Crippen molar-refractivity contribution in [1.29, 1.82) is 0 Å². The lowest BCUT2D eigenvalue weighted by Crippen LogP contribution is -2.51. The van der Waals surface area contributed by atoms with Gasteiger partial charge in [0.2, 0.25) is 0 Å². The van der Waals surface area contributed by atoms with Crippen LogP contribution in [-0.4, -0.2) is 54.7 Å². The number of benzene rings is 1. The van der Waals surface area contributed by atoms with E-state index < -0.39 is 11.9 Å². The van der Waals surface area contributed by atoms with Gasteiger partial charge in [-0.15, -0.1) is 0 Å². The van der Waals surface area contributed by atoms with Crippen LogP contribution in [0, 0.1) is 11.7 Å². The summed E-state index contributed by atoms with van der Waals surface area (Å²) in [4.78, 5) is 26.4. The summed E-state index contributed by atoms with van der Waals surface area (Å²) >= 11 is 0. The summed E-state index contributed by atoms with van der Waals surface area (Å²) in [6.45, 7) is 2.99. The molecule has 1 aromatic carbocycles. The number of halogens is 1. The van der Waals surface area contributed by atoms with Gasteiger partial charge in [0.05, 0.1) is 11.6 Å². The minimum Gasteiger partial charge on any atom is -0.481 e. The van der Waals surface area contributed by atoms with Crippen molar-refractivity contribution >= 4 is 17.7 Å². The van der Waals surface area contributed by atoms with E-state index in [-0.39, 0.29) is 24.4 Å². The van der Waals surface area contributed by atoms with Crippen LogP contribution < -0.4 is 10.2 Å². The van der Waals surface area contributed by atoms with Gasteiger partial charge in [0.25, 0.3) is 0 Å². The van der Waals surface area contributed by atoms with Crippen LogP contribution in [0.1, 0.15) is 19.8 Å². The first-order valence-electron chi connectivity index (χ1n) is 8.12. The molecule has 0 aliphatic carbocycles. The fourth-order valence-corrected chi connectivity index (χ4v) is 2.88. The van der Waals surface area contributed by atoms with Crippen LogP contribution in [0.25, 0.3) is 0 Å². The second kappa shape index (κ2) is 7.99. The van der Waals surface area contributed by atoms with Crippen molar-refractivity contribution < 1.29 is 19.1 Å². The maximum atomic E-state index is 13.9. The van der Waals surface area contributed by atoms with E-state index in [2.05, 4.69) is 5.32 Å². The first-order chi connectivity index (χ1) is 11.4. The third-order valence-corrected chi connectivity index (χ3v) is 4.26. The molecule has 24 heavy (non-hydrogen) atoms. The van der Waals surface area contributed by atoms with Gasteiger partial charge in [-0.2, -0.15) is 0 Å². The number of nitrogens with one attached hydrogen (secondary N) is 1. The quantitative estimate of drug-likeness (QED) is 0.864. The predicted molar refractivity (Wildman–Crippen MR) is 89.6 cm³/mol. The van der Waals surface area contributed by atoms with E-state index in [0.29, 0.717) is 12.2 Å². The van der Waals surface area contributed by atoms with E-state index >= 15 is 0 Å². The maximum absolute atomic E-state index is 13.9. The van der Waals surface area contributed by atoms with Gasteiger partial charge in [-0.25, -0.2) is 9.18 Å². The molecule has 1 aliphatic heterocycles. The third-order valence-electron chi connectivity index (χ3n) is 4.26. The molecule has 2 atom stereocenters. The minimum absolute atomic E-state index is 0.0894. The summed E-state index contributed by atoms with van der Waals surface area (Å²) in [5.41, 5.74) is 0.546. The Balaban J connectivity index is 1.92. The number of carbonyl (C=O) groups excluding carboxylic acids is 1. The second-order valence-corrected chi connectivity index (χ2v) is 6.31. The van der Waals surface area contributed by atoms with Crippen molar-refractivity contribution in [3.63, 3.8) is 0 Å². The average molecular weight is 337 g/mol. The lowest BCUT2D eigenvalue weighted by molar-refractivity contribution is -0.141. The molecule has 1 fully saturated rings. The van der Waals surface area contributed by atoms with Gasteiger partial charge in [0.1, 0.15) is 5.82 Å². The highest BCUT2D eigenvalue weighted by atomic mass is 19.1. The van der Waals surface area contributed by atoms with Gasteiger partial charge < -0.3 is 20.2 Å². The summed E-state index contributed by atoms with van der Waals surface area (Å²) in [6.07, 6.45) is 1.67. The van der Waals surface area contributed by atoms with Crippen molar-refractivity contribution in [3.05, 3.63) is 30.1 Å². The Hall–Kier alpha value is -2.31. The molecule has 1 saturated heterocycles. The van der Waals surface area contributed by atoms with Crippen LogP contribution in [0.5, 0.6) is 0 Å². The molecule has 2 amide bonds. The summed E-state index contributed by atoms with van der Waals surface area (Å²) in [6, 6.07) is 6.22. The number of rotatable bonds is 5.